The lowest BCUT2D eigenvalue weighted by atomic mass is 10.1. The summed E-state index contributed by atoms with van der Waals surface area (Å²) in [5, 5.41) is 1.56. The number of halogens is 1. The van der Waals surface area contributed by atoms with Gasteiger partial charge in [-0.3, -0.25) is 4.79 Å². The molecule has 0 aliphatic carbocycles. The number of hydrogen-bond acceptors (Lipinski definition) is 8. The first kappa shape index (κ1) is 25.0. The second kappa shape index (κ2) is 10.5. The molecular formula is C29H28ClN7O3. The van der Waals surface area contributed by atoms with E-state index in [-0.39, 0.29) is 11.6 Å². The number of aromatic amines is 1. The molecule has 11 heteroatoms. The van der Waals surface area contributed by atoms with Crippen LogP contribution in [0.1, 0.15) is 21.7 Å². The fraction of sp³-hybridized carbons (Fsp3) is 0.310. The zero-order valence-corrected chi connectivity index (χ0v) is 22.6. The molecule has 0 amide bonds. The zero-order chi connectivity index (χ0) is 27.1. The van der Waals surface area contributed by atoms with Crippen LogP contribution in [0.5, 0.6) is 0 Å². The van der Waals surface area contributed by atoms with Crippen LogP contribution < -0.4 is 9.80 Å². The molecule has 2 aliphatic heterocycles. The number of morpholine rings is 2. The molecule has 5 aromatic rings. The van der Waals surface area contributed by atoms with Crippen molar-refractivity contribution in [3.05, 3.63) is 76.7 Å². The number of fused-ring (bicyclic) bond motifs is 2. The summed E-state index contributed by atoms with van der Waals surface area (Å²) in [6.45, 7) is 5.91. The Balaban J connectivity index is 1.29. The maximum absolute atomic E-state index is 14.0. The molecule has 0 saturated carbocycles. The molecule has 0 atom stereocenters. The third-order valence-corrected chi connectivity index (χ3v) is 7.69. The number of para-hydroxylation sites is 1. The number of ether oxygens (including phenoxy) is 2. The number of hydrogen-bond donors (Lipinski definition) is 1. The molecule has 0 unspecified atom stereocenters. The molecule has 2 aliphatic rings. The minimum Gasteiger partial charge on any atom is -0.378 e. The van der Waals surface area contributed by atoms with Crippen LogP contribution in [0, 0.1) is 0 Å². The van der Waals surface area contributed by atoms with Crippen LogP contribution in [0.3, 0.4) is 0 Å². The molecule has 7 rings (SSSR count). The first-order valence-electron chi connectivity index (χ1n) is 13.4. The number of aromatic nitrogens is 5. The van der Waals surface area contributed by atoms with Gasteiger partial charge in [-0.05, 0) is 23.8 Å². The first-order chi connectivity index (χ1) is 19.6. The van der Waals surface area contributed by atoms with Gasteiger partial charge in [-0.15, -0.1) is 0 Å². The van der Waals surface area contributed by atoms with Crippen LogP contribution in [-0.2, 0) is 16.0 Å². The highest BCUT2D eigenvalue weighted by molar-refractivity contribution is 6.30. The van der Waals surface area contributed by atoms with Crippen LogP contribution in [0.25, 0.3) is 22.1 Å². The molecule has 1 N–H and O–H groups in total. The van der Waals surface area contributed by atoms with Crippen LogP contribution in [0.2, 0.25) is 5.02 Å². The third-order valence-electron chi connectivity index (χ3n) is 7.44. The minimum atomic E-state index is -0.190. The summed E-state index contributed by atoms with van der Waals surface area (Å²) in [7, 11) is 0. The van der Waals surface area contributed by atoms with Gasteiger partial charge in [0.2, 0.25) is 11.7 Å². The smallest absolute Gasteiger partial charge is 0.230 e. The highest BCUT2D eigenvalue weighted by Crippen LogP contribution is 2.29. The fourth-order valence-electron chi connectivity index (χ4n) is 5.36. The van der Waals surface area contributed by atoms with Crippen LogP contribution >= 0.6 is 11.6 Å². The van der Waals surface area contributed by atoms with Crippen LogP contribution in [0.4, 0.5) is 11.8 Å². The summed E-state index contributed by atoms with van der Waals surface area (Å²) in [5.41, 5.74) is 3.78. The van der Waals surface area contributed by atoms with Gasteiger partial charge in [0.05, 0.1) is 32.0 Å². The lowest BCUT2D eigenvalue weighted by Crippen LogP contribution is -2.39. The van der Waals surface area contributed by atoms with E-state index < -0.39 is 0 Å². The Labute approximate surface area is 235 Å². The van der Waals surface area contributed by atoms with Crippen molar-refractivity contribution in [2.75, 3.05) is 62.4 Å². The molecule has 2 saturated heterocycles. The molecule has 5 heterocycles. The van der Waals surface area contributed by atoms with Crippen molar-refractivity contribution in [3.8, 4) is 0 Å². The van der Waals surface area contributed by atoms with Crippen molar-refractivity contribution >= 4 is 51.2 Å². The third kappa shape index (κ3) is 4.68. The van der Waals surface area contributed by atoms with E-state index in [2.05, 4.69) is 19.4 Å². The lowest BCUT2D eigenvalue weighted by Gasteiger charge is -2.30. The van der Waals surface area contributed by atoms with Gasteiger partial charge >= 0.3 is 0 Å². The topological polar surface area (TPSA) is 101 Å². The summed E-state index contributed by atoms with van der Waals surface area (Å²) in [5.74, 6) is 1.39. The van der Waals surface area contributed by atoms with Crippen molar-refractivity contribution in [1.82, 2.24) is 24.5 Å². The second-order valence-electron chi connectivity index (χ2n) is 9.97. The number of nitrogens with one attached hydrogen (secondary N) is 1. The number of imidazole rings is 1. The summed E-state index contributed by atoms with van der Waals surface area (Å²) >= 11 is 6.08. The monoisotopic (exact) mass is 557 g/mol. The highest BCUT2D eigenvalue weighted by Gasteiger charge is 2.26. The van der Waals surface area contributed by atoms with Crippen LogP contribution in [-0.4, -0.2) is 82.9 Å². The summed E-state index contributed by atoms with van der Waals surface area (Å²) < 4.78 is 13.2. The number of carbonyl (C=O) groups excluding carboxylic acids is 1. The standard InChI is InChI=1S/C29H28ClN7O3/c30-20-7-5-19(6-8-20)17-37-18-22(21-3-1-2-4-23(21)37)25(38)27-31-24-26(32-27)33-29(36-11-15-40-16-12-36)34-28(24)35-9-13-39-14-10-35/h1-8,18H,9-17H2,(H,31,32,33,34). The normalized spacial score (nSPS) is 16.2. The lowest BCUT2D eigenvalue weighted by molar-refractivity contribution is 0.103. The number of ketones is 1. The van der Waals surface area contributed by atoms with E-state index in [9.17, 15) is 4.79 Å². The van der Waals surface area contributed by atoms with E-state index in [1.165, 1.54) is 0 Å². The van der Waals surface area contributed by atoms with E-state index >= 15 is 0 Å². The highest BCUT2D eigenvalue weighted by atomic mass is 35.5. The predicted octanol–water partition coefficient (Wildman–Crippen LogP) is 3.91. The molecule has 0 radical (unpaired) electrons. The van der Waals surface area contributed by atoms with Crippen molar-refractivity contribution in [1.29, 1.82) is 0 Å². The maximum atomic E-state index is 14.0. The minimum absolute atomic E-state index is 0.190. The zero-order valence-electron chi connectivity index (χ0n) is 21.8. The van der Waals surface area contributed by atoms with Gasteiger partial charge in [0.1, 0.15) is 5.52 Å². The number of anilines is 2. The van der Waals surface area contributed by atoms with Crippen molar-refractivity contribution in [2.24, 2.45) is 0 Å². The Hall–Kier alpha value is -3.99. The van der Waals surface area contributed by atoms with Gasteiger partial charge in [-0.25, -0.2) is 4.98 Å². The number of H-pyrrole nitrogens is 1. The molecule has 3 aromatic heterocycles. The molecule has 2 aromatic carbocycles. The van der Waals surface area contributed by atoms with Gasteiger partial charge in [-0.2, -0.15) is 9.97 Å². The van der Waals surface area contributed by atoms with Gasteiger partial charge in [0, 0.05) is 54.8 Å². The Bertz CT molecular complexity index is 1690. The maximum Gasteiger partial charge on any atom is 0.230 e. The van der Waals surface area contributed by atoms with E-state index in [1.807, 2.05) is 54.7 Å². The molecule has 40 heavy (non-hydrogen) atoms. The SMILES string of the molecule is O=C(c1nc2nc(N3CCOCC3)nc(N3CCOCC3)c2[nH]1)c1cn(Cc2ccc(Cl)cc2)c2ccccc12. The molecule has 0 spiro atoms. The largest absolute Gasteiger partial charge is 0.378 e. The Morgan fingerprint density at radius 3 is 2.33 bits per heavy atom. The Kier molecular flexibility index (Phi) is 6.58. The fourth-order valence-corrected chi connectivity index (χ4v) is 5.49. The van der Waals surface area contributed by atoms with E-state index in [4.69, 9.17) is 36.0 Å². The number of benzene rings is 2. The molecule has 0 bridgehead atoms. The van der Waals surface area contributed by atoms with Crippen molar-refractivity contribution in [2.45, 2.75) is 6.54 Å². The van der Waals surface area contributed by atoms with E-state index in [1.54, 1.807) is 0 Å². The summed E-state index contributed by atoms with van der Waals surface area (Å²) in [6, 6.07) is 15.7. The summed E-state index contributed by atoms with van der Waals surface area (Å²) in [4.78, 5) is 36.0. The first-order valence-corrected chi connectivity index (χ1v) is 13.8. The second-order valence-corrected chi connectivity index (χ2v) is 10.4. The average Bonchev–Trinajstić information content (AvgIpc) is 3.60. The Morgan fingerprint density at radius 1 is 0.875 bits per heavy atom. The molecule has 10 nitrogen and oxygen atoms in total. The number of rotatable bonds is 6. The van der Waals surface area contributed by atoms with Gasteiger partial charge in [-0.1, -0.05) is 41.9 Å². The molecule has 2 fully saturated rings. The van der Waals surface area contributed by atoms with E-state index in [0.29, 0.717) is 86.8 Å². The number of nitrogens with zero attached hydrogens (tertiary/aromatic N) is 6. The van der Waals surface area contributed by atoms with Crippen LogP contribution in [0.15, 0.2) is 54.7 Å². The molecular weight excluding hydrogens is 530 g/mol. The van der Waals surface area contributed by atoms with E-state index in [0.717, 1.165) is 22.3 Å². The average molecular weight is 558 g/mol. The molecule has 204 valence electrons. The Morgan fingerprint density at radius 2 is 1.57 bits per heavy atom. The summed E-state index contributed by atoms with van der Waals surface area (Å²) in [6.07, 6.45) is 1.91. The predicted molar refractivity (Wildman–Crippen MR) is 154 cm³/mol. The van der Waals surface area contributed by atoms with Gasteiger partial charge in [0.15, 0.2) is 17.3 Å². The van der Waals surface area contributed by atoms with Crippen molar-refractivity contribution < 1.29 is 14.3 Å². The van der Waals surface area contributed by atoms with Crippen molar-refractivity contribution in [3.63, 3.8) is 0 Å². The van der Waals surface area contributed by atoms with Gasteiger partial charge < -0.3 is 28.8 Å². The quantitative estimate of drug-likeness (QED) is 0.314. The number of carbonyl (C=O) groups is 1. The van der Waals surface area contributed by atoms with Gasteiger partial charge in [0.25, 0.3) is 0 Å².